The third kappa shape index (κ3) is 2.38. The second-order valence-corrected chi connectivity index (χ2v) is 4.84. The Bertz CT molecular complexity index is 347. The molecular weight excluding hydrogens is 212 g/mol. The summed E-state index contributed by atoms with van der Waals surface area (Å²) in [6, 6.07) is 2.63. The summed E-state index contributed by atoms with van der Waals surface area (Å²) in [5.41, 5.74) is 7.27. The summed E-state index contributed by atoms with van der Waals surface area (Å²) in [6.45, 7) is 8.44. The van der Waals surface area contributed by atoms with Crippen LogP contribution in [-0.4, -0.2) is 34.3 Å². The van der Waals surface area contributed by atoms with Gasteiger partial charge in [0, 0.05) is 12.7 Å². The lowest BCUT2D eigenvalue weighted by molar-refractivity contribution is 0.219. The van der Waals surface area contributed by atoms with Crippen LogP contribution in [0.2, 0.25) is 0 Å². The van der Waals surface area contributed by atoms with Gasteiger partial charge in [0.1, 0.15) is 0 Å². The highest BCUT2D eigenvalue weighted by Gasteiger charge is 2.35. The van der Waals surface area contributed by atoms with Crippen molar-refractivity contribution in [2.75, 3.05) is 19.6 Å². The van der Waals surface area contributed by atoms with E-state index >= 15 is 0 Å². The van der Waals surface area contributed by atoms with Crippen molar-refractivity contribution in [3.8, 4) is 0 Å². The van der Waals surface area contributed by atoms with E-state index in [1.165, 1.54) is 25.1 Å². The van der Waals surface area contributed by atoms with Crippen molar-refractivity contribution in [3.63, 3.8) is 0 Å². The van der Waals surface area contributed by atoms with E-state index in [2.05, 4.69) is 34.6 Å². The van der Waals surface area contributed by atoms with E-state index in [9.17, 15) is 0 Å². The fourth-order valence-corrected chi connectivity index (χ4v) is 3.00. The molecule has 17 heavy (non-hydrogen) atoms. The topological polar surface area (TPSA) is 47.1 Å². The summed E-state index contributed by atoms with van der Waals surface area (Å²) >= 11 is 0. The molecule has 96 valence electrons. The molecule has 4 nitrogen and oxygen atoms in total. The number of aryl methyl sites for hydroxylation is 1. The van der Waals surface area contributed by atoms with Crippen LogP contribution in [0.3, 0.4) is 0 Å². The van der Waals surface area contributed by atoms with Crippen LogP contribution < -0.4 is 5.73 Å². The number of hydrogen-bond donors (Lipinski definition) is 1. The zero-order chi connectivity index (χ0) is 12.3. The third-order valence-corrected chi connectivity index (χ3v) is 3.79. The standard InChI is InChI=1S/C13H24N4/c1-3-8-16-9-6-11(10-14)13(16)12-5-7-15-17(12)4-2/h5,7,11,13H,3-4,6,8-10,14H2,1-2H3. The van der Waals surface area contributed by atoms with Crippen molar-refractivity contribution >= 4 is 0 Å². The Hall–Kier alpha value is -0.870. The molecule has 1 aromatic heterocycles. The molecule has 1 aromatic rings. The van der Waals surface area contributed by atoms with Crippen molar-refractivity contribution in [3.05, 3.63) is 18.0 Å². The summed E-state index contributed by atoms with van der Waals surface area (Å²) in [5, 5.41) is 4.39. The van der Waals surface area contributed by atoms with E-state index < -0.39 is 0 Å². The molecule has 0 spiro atoms. The molecule has 1 aliphatic heterocycles. The monoisotopic (exact) mass is 236 g/mol. The maximum absolute atomic E-state index is 5.92. The average Bonchev–Trinajstić information content (AvgIpc) is 2.94. The summed E-state index contributed by atoms with van der Waals surface area (Å²) in [6.07, 6.45) is 4.33. The number of likely N-dealkylation sites (tertiary alicyclic amines) is 1. The Labute approximate surface area is 104 Å². The lowest BCUT2D eigenvalue weighted by atomic mass is 9.97. The van der Waals surface area contributed by atoms with E-state index in [-0.39, 0.29) is 0 Å². The van der Waals surface area contributed by atoms with Gasteiger partial charge in [-0.1, -0.05) is 6.92 Å². The molecule has 1 aliphatic rings. The molecule has 0 aliphatic carbocycles. The normalized spacial score (nSPS) is 25.6. The van der Waals surface area contributed by atoms with Gasteiger partial charge in [-0.05, 0) is 51.4 Å². The minimum atomic E-state index is 0.474. The number of nitrogens with two attached hydrogens (primary N) is 1. The molecule has 0 saturated carbocycles. The zero-order valence-corrected chi connectivity index (χ0v) is 11.0. The Morgan fingerprint density at radius 1 is 1.47 bits per heavy atom. The molecular formula is C13H24N4. The van der Waals surface area contributed by atoms with Crippen molar-refractivity contribution in [2.24, 2.45) is 11.7 Å². The van der Waals surface area contributed by atoms with Gasteiger partial charge in [-0.15, -0.1) is 0 Å². The van der Waals surface area contributed by atoms with Gasteiger partial charge in [-0.3, -0.25) is 9.58 Å². The number of hydrogen-bond acceptors (Lipinski definition) is 3. The SMILES string of the molecule is CCCN1CCC(CN)C1c1ccnn1CC. The maximum Gasteiger partial charge on any atom is 0.0559 e. The Kier molecular flexibility index (Phi) is 4.18. The summed E-state index contributed by atoms with van der Waals surface area (Å²) in [4.78, 5) is 2.57. The fourth-order valence-electron chi connectivity index (χ4n) is 3.00. The first-order valence-electron chi connectivity index (χ1n) is 6.77. The molecule has 1 saturated heterocycles. The van der Waals surface area contributed by atoms with Gasteiger partial charge in [0.2, 0.25) is 0 Å². The largest absolute Gasteiger partial charge is 0.330 e. The zero-order valence-electron chi connectivity index (χ0n) is 11.0. The quantitative estimate of drug-likeness (QED) is 0.845. The predicted octanol–water partition coefficient (Wildman–Crippen LogP) is 1.63. The lowest BCUT2D eigenvalue weighted by Crippen LogP contribution is -2.30. The molecule has 4 heteroatoms. The minimum absolute atomic E-state index is 0.474. The number of nitrogens with zero attached hydrogens (tertiary/aromatic N) is 3. The highest BCUT2D eigenvalue weighted by atomic mass is 15.3. The van der Waals surface area contributed by atoms with Crippen LogP contribution in [0.25, 0.3) is 0 Å². The van der Waals surface area contributed by atoms with Gasteiger partial charge in [0.25, 0.3) is 0 Å². The first kappa shape index (κ1) is 12.6. The van der Waals surface area contributed by atoms with Crippen LogP contribution >= 0.6 is 0 Å². The summed E-state index contributed by atoms with van der Waals surface area (Å²) in [5.74, 6) is 0.587. The van der Waals surface area contributed by atoms with Crippen molar-refractivity contribution < 1.29 is 0 Å². The van der Waals surface area contributed by atoms with Gasteiger partial charge >= 0.3 is 0 Å². The van der Waals surface area contributed by atoms with E-state index in [1.807, 2.05) is 6.20 Å². The van der Waals surface area contributed by atoms with Crippen LogP contribution in [0.5, 0.6) is 0 Å². The molecule has 2 rings (SSSR count). The van der Waals surface area contributed by atoms with Gasteiger partial charge < -0.3 is 5.73 Å². The molecule has 2 atom stereocenters. The highest BCUT2D eigenvalue weighted by molar-refractivity contribution is 5.11. The second-order valence-electron chi connectivity index (χ2n) is 4.84. The van der Waals surface area contributed by atoms with E-state index in [0.29, 0.717) is 12.0 Å². The molecule has 0 radical (unpaired) electrons. The van der Waals surface area contributed by atoms with Crippen LogP contribution in [0, 0.1) is 5.92 Å². The minimum Gasteiger partial charge on any atom is -0.330 e. The summed E-state index contributed by atoms with van der Waals surface area (Å²) in [7, 11) is 0. The molecule has 2 heterocycles. The molecule has 0 amide bonds. The molecule has 0 aromatic carbocycles. The predicted molar refractivity (Wildman–Crippen MR) is 69.7 cm³/mol. The molecule has 2 N–H and O–H groups in total. The number of rotatable bonds is 5. The van der Waals surface area contributed by atoms with E-state index in [4.69, 9.17) is 5.73 Å². The smallest absolute Gasteiger partial charge is 0.0559 e. The van der Waals surface area contributed by atoms with Crippen molar-refractivity contribution in [1.29, 1.82) is 0 Å². The van der Waals surface area contributed by atoms with E-state index in [1.54, 1.807) is 0 Å². The fraction of sp³-hybridized carbons (Fsp3) is 0.769. The number of aromatic nitrogens is 2. The first-order chi connectivity index (χ1) is 8.31. The average molecular weight is 236 g/mol. The highest BCUT2D eigenvalue weighted by Crippen LogP contribution is 2.36. The first-order valence-corrected chi connectivity index (χ1v) is 6.77. The molecule has 0 bridgehead atoms. The van der Waals surface area contributed by atoms with Gasteiger partial charge in [-0.2, -0.15) is 5.10 Å². The van der Waals surface area contributed by atoms with Crippen LogP contribution in [-0.2, 0) is 6.54 Å². The Morgan fingerprint density at radius 3 is 2.94 bits per heavy atom. The molecule has 2 unspecified atom stereocenters. The van der Waals surface area contributed by atoms with Gasteiger partial charge in [0.15, 0.2) is 0 Å². The second kappa shape index (κ2) is 5.65. The Morgan fingerprint density at radius 2 is 2.29 bits per heavy atom. The Balaban J connectivity index is 2.24. The van der Waals surface area contributed by atoms with Crippen molar-refractivity contribution in [1.82, 2.24) is 14.7 Å². The lowest BCUT2D eigenvalue weighted by Gasteiger charge is -2.28. The maximum atomic E-state index is 5.92. The van der Waals surface area contributed by atoms with Crippen LogP contribution in [0.15, 0.2) is 12.3 Å². The van der Waals surface area contributed by atoms with Crippen molar-refractivity contribution in [2.45, 2.75) is 39.3 Å². The van der Waals surface area contributed by atoms with Crippen LogP contribution in [0.4, 0.5) is 0 Å². The third-order valence-electron chi connectivity index (χ3n) is 3.79. The van der Waals surface area contributed by atoms with Gasteiger partial charge in [-0.25, -0.2) is 0 Å². The summed E-state index contributed by atoms with van der Waals surface area (Å²) < 4.78 is 2.11. The van der Waals surface area contributed by atoms with E-state index in [0.717, 1.165) is 19.6 Å². The molecule has 1 fully saturated rings. The van der Waals surface area contributed by atoms with Gasteiger partial charge in [0.05, 0.1) is 11.7 Å². The van der Waals surface area contributed by atoms with Crippen LogP contribution in [0.1, 0.15) is 38.4 Å².